The molecule has 0 amide bonds. The van der Waals surface area contributed by atoms with Gasteiger partial charge in [0.1, 0.15) is 18.1 Å². The van der Waals surface area contributed by atoms with Crippen LogP contribution in [0.25, 0.3) is 0 Å². The number of benzene rings is 1. The Hall–Kier alpha value is -0.930. The van der Waals surface area contributed by atoms with Crippen LogP contribution >= 0.6 is 11.6 Å². The number of hydrogen-bond acceptors (Lipinski definition) is 3. The first-order chi connectivity index (χ1) is 9.83. The number of methoxy groups -OCH3 is 1. The number of halogens is 1. The molecule has 1 aliphatic rings. The summed E-state index contributed by atoms with van der Waals surface area (Å²) in [4.78, 5) is 2.48. The van der Waals surface area contributed by atoms with E-state index in [-0.39, 0.29) is 0 Å². The molecule has 0 unspecified atom stereocenters. The van der Waals surface area contributed by atoms with Crippen molar-refractivity contribution in [3.05, 3.63) is 24.3 Å². The largest absolute Gasteiger partial charge is 0.497 e. The average Bonchev–Trinajstić information content (AvgIpc) is 3.01. The van der Waals surface area contributed by atoms with Crippen LogP contribution in [0, 0.1) is 0 Å². The Morgan fingerprint density at radius 1 is 1.10 bits per heavy atom. The third-order valence-corrected chi connectivity index (χ3v) is 4.09. The summed E-state index contributed by atoms with van der Waals surface area (Å²) in [7, 11) is 1.67. The molecular weight excluding hydrogens is 274 g/mol. The van der Waals surface area contributed by atoms with Gasteiger partial charge in [0.25, 0.3) is 0 Å². The van der Waals surface area contributed by atoms with Crippen LogP contribution in [0.4, 0.5) is 0 Å². The lowest BCUT2D eigenvalue weighted by molar-refractivity contribution is 0.168. The van der Waals surface area contributed by atoms with Gasteiger partial charge in [0.05, 0.1) is 7.11 Å². The summed E-state index contributed by atoms with van der Waals surface area (Å²) >= 11 is 5.91. The van der Waals surface area contributed by atoms with Gasteiger partial charge in [-0.15, -0.1) is 11.6 Å². The molecule has 2 rings (SSSR count). The molecule has 1 aliphatic carbocycles. The molecule has 0 N–H and O–H groups in total. The summed E-state index contributed by atoms with van der Waals surface area (Å²) in [5.74, 6) is 2.44. The Bertz CT molecular complexity index is 377. The molecule has 0 aromatic heterocycles. The van der Waals surface area contributed by atoms with E-state index in [4.69, 9.17) is 21.1 Å². The van der Waals surface area contributed by atoms with Gasteiger partial charge in [-0.2, -0.15) is 0 Å². The Labute approximate surface area is 126 Å². The van der Waals surface area contributed by atoms with E-state index in [9.17, 15) is 0 Å². The van der Waals surface area contributed by atoms with Crippen LogP contribution in [0.3, 0.4) is 0 Å². The van der Waals surface area contributed by atoms with Gasteiger partial charge in [0.2, 0.25) is 0 Å². The fourth-order valence-electron chi connectivity index (χ4n) is 2.81. The summed E-state index contributed by atoms with van der Waals surface area (Å²) in [5.41, 5.74) is 0. The number of hydrogen-bond donors (Lipinski definition) is 0. The molecule has 0 atom stereocenters. The molecule has 20 heavy (non-hydrogen) atoms. The van der Waals surface area contributed by atoms with Gasteiger partial charge in [0.15, 0.2) is 0 Å². The highest BCUT2D eigenvalue weighted by atomic mass is 35.5. The second-order valence-electron chi connectivity index (χ2n) is 5.19. The summed E-state index contributed by atoms with van der Waals surface area (Å²) < 4.78 is 10.9. The molecular formula is C16H24ClNO2. The smallest absolute Gasteiger partial charge is 0.119 e. The minimum absolute atomic E-state index is 0.693. The van der Waals surface area contributed by atoms with Gasteiger partial charge in [-0.3, -0.25) is 4.90 Å². The van der Waals surface area contributed by atoms with Crippen molar-refractivity contribution < 1.29 is 9.47 Å². The second-order valence-corrected chi connectivity index (χ2v) is 5.57. The van der Waals surface area contributed by atoms with E-state index in [1.807, 2.05) is 24.3 Å². The third-order valence-electron chi connectivity index (χ3n) is 3.92. The molecule has 3 nitrogen and oxygen atoms in total. The van der Waals surface area contributed by atoms with E-state index < -0.39 is 0 Å². The number of ether oxygens (including phenoxy) is 2. The van der Waals surface area contributed by atoms with Gasteiger partial charge < -0.3 is 9.47 Å². The first-order valence-electron chi connectivity index (χ1n) is 7.40. The van der Waals surface area contributed by atoms with Crippen molar-refractivity contribution in [3.8, 4) is 11.5 Å². The lowest BCUT2D eigenvalue weighted by atomic mass is 10.2. The fraction of sp³-hybridized carbons (Fsp3) is 0.625. The molecule has 1 aromatic rings. The van der Waals surface area contributed by atoms with Gasteiger partial charge >= 0.3 is 0 Å². The summed E-state index contributed by atoms with van der Waals surface area (Å²) in [6.45, 7) is 2.61. The number of rotatable bonds is 8. The first-order valence-corrected chi connectivity index (χ1v) is 7.94. The number of alkyl halides is 1. The van der Waals surface area contributed by atoms with Crippen LogP contribution in [0.15, 0.2) is 24.3 Å². The molecule has 0 spiro atoms. The Morgan fingerprint density at radius 3 is 2.35 bits per heavy atom. The van der Waals surface area contributed by atoms with Crippen molar-refractivity contribution in [2.45, 2.75) is 31.7 Å². The van der Waals surface area contributed by atoms with Crippen LogP contribution in [0.1, 0.15) is 25.7 Å². The highest BCUT2D eigenvalue weighted by Gasteiger charge is 2.21. The normalized spacial score (nSPS) is 15.8. The molecule has 0 bridgehead atoms. The SMILES string of the molecule is COc1ccc(OCCN(CCCl)C2CCCC2)cc1. The molecule has 112 valence electrons. The highest BCUT2D eigenvalue weighted by molar-refractivity contribution is 6.18. The van der Waals surface area contributed by atoms with E-state index in [1.54, 1.807) is 7.11 Å². The van der Waals surface area contributed by atoms with E-state index >= 15 is 0 Å². The summed E-state index contributed by atoms with van der Waals surface area (Å²) in [6, 6.07) is 8.43. The van der Waals surface area contributed by atoms with Crippen LogP contribution < -0.4 is 9.47 Å². The third kappa shape index (κ3) is 4.57. The van der Waals surface area contributed by atoms with Crippen molar-refractivity contribution in [1.29, 1.82) is 0 Å². The lowest BCUT2D eigenvalue weighted by Gasteiger charge is -2.27. The van der Waals surface area contributed by atoms with Gasteiger partial charge in [-0.1, -0.05) is 12.8 Å². The number of nitrogens with zero attached hydrogens (tertiary/aromatic N) is 1. The highest BCUT2D eigenvalue weighted by Crippen LogP contribution is 2.23. The maximum atomic E-state index is 5.91. The maximum absolute atomic E-state index is 5.91. The average molecular weight is 298 g/mol. The monoisotopic (exact) mass is 297 g/mol. The Morgan fingerprint density at radius 2 is 1.75 bits per heavy atom. The molecule has 1 fully saturated rings. The molecule has 4 heteroatoms. The van der Waals surface area contributed by atoms with Crippen LogP contribution in [-0.4, -0.2) is 43.6 Å². The summed E-state index contributed by atoms with van der Waals surface area (Å²) in [6.07, 6.45) is 5.31. The molecule has 0 saturated heterocycles. The van der Waals surface area contributed by atoms with Crippen LogP contribution in [-0.2, 0) is 0 Å². The lowest BCUT2D eigenvalue weighted by Crippen LogP contribution is -2.37. The zero-order chi connectivity index (χ0) is 14.2. The molecule has 0 radical (unpaired) electrons. The van der Waals surface area contributed by atoms with Crippen molar-refractivity contribution in [1.82, 2.24) is 4.90 Å². The Kier molecular flexibility index (Phi) is 6.48. The first kappa shape index (κ1) is 15.5. The maximum Gasteiger partial charge on any atom is 0.119 e. The topological polar surface area (TPSA) is 21.7 Å². The van der Waals surface area contributed by atoms with Crippen molar-refractivity contribution in [3.63, 3.8) is 0 Å². The van der Waals surface area contributed by atoms with E-state index in [0.717, 1.165) is 24.6 Å². The molecule has 0 heterocycles. The zero-order valence-corrected chi connectivity index (χ0v) is 12.9. The van der Waals surface area contributed by atoms with E-state index in [2.05, 4.69) is 4.90 Å². The van der Waals surface area contributed by atoms with Crippen LogP contribution in [0.5, 0.6) is 11.5 Å². The zero-order valence-electron chi connectivity index (χ0n) is 12.2. The predicted octanol–water partition coefficient (Wildman–Crippen LogP) is 3.56. The summed E-state index contributed by atoms with van der Waals surface area (Å²) in [5, 5.41) is 0. The van der Waals surface area contributed by atoms with Gasteiger partial charge in [0, 0.05) is 25.0 Å². The molecule has 0 aliphatic heterocycles. The van der Waals surface area contributed by atoms with Crippen molar-refractivity contribution in [2.75, 3.05) is 32.7 Å². The van der Waals surface area contributed by atoms with Crippen molar-refractivity contribution in [2.24, 2.45) is 0 Å². The van der Waals surface area contributed by atoms with Crippen LogP contribution in [0.2, 0.25) is 0 Å². The second kappa shape index (κ2) is 8.38. The fourth-order valence-corrected chi connectivity index (χ4v) is 3.02. The minimum atomic E-state index is 0.693. The quantitative estimate of drug-likeness (QED) is 0.685. The minimum Gasteiger partial charge on any atom is -0.497 e. The Balaban J connectivity index is 1.76. The van der Waals surface area contributed by atoms with Crippen molar-refractivity contribution >= 4 is 11.6 Å². The molecule has 1 saturated carbocycles. The molecule has 1 aromatic carbocycles. The van der Waals surface area contributed by atoms with Gasteiger partial charge in [-0.05, 0) is 37.1 Å². The van der Waals surface area contributed by atoms with Gasteiger partial charge in [-0.25, -0.2) is 0 Å². The standard InChI is InChI=1S/C16H24ClNO2/c1-19-15-6-8-16(9-7-15)20-13-12-18(11-10-17)14-4-2-3-5-14/h6-9,14H,2-5,10-13H2,1H3. The van der Waals surface area contributed by atoms with E-state index in [0.29, 0.717) is 18.5 Å². The van der Waals surface area contributed by atoms with E-state index in [1.165, 1.54) is 25.7 Å². The predicted molar refractivity (Wildman–Crippen MR) is 83.0 cm³/mol.